The molecule has 3 nitrogen and oxygen atoms in total. The highest BCUT2D eigenvalue weighted by Gasteiger charge is 2.74. The normalized spacial score (nSPS) is 33.0. The molecule has 0 radical (unpaired) electrons. The van der Waals surface area contributed by atoms with Gasteiger partial charge >= 0.3 is 0 Å². The van der Waals surface area contributed by atoms with E-state index in [2.05, 4.69) is 130 Å². The van der Waals surface area contributed by atoms with Crippen molar-refractivity contribution in [2.75, 3.05) is 0 Å². The van der Waals surface area contributed by atoms with Crippen LogP contribution in [0.15, 0.2) is 59.8 Å². The maximum Gasteiger partial charge on any atom is 0.121 e. The molecule has 1 saturated heterocycles. The van der Waals surface area contributed by atoms with Crippen molar-refractivity contribution >= 4 is 0 Å². The Morgan fingerprint density at radius 1 is 0.791 bits per heavy atom. The molecule has 240 valence electrons. The summed E-state index contributed by atoms with van der Waals surface area (Å²) >= 11 is 0. The van der Waals surface area contributed by atoms with Crippen molar-refractivity contribution in [3.05, 3.63) is 59.8 Å². The minimum absolute atomic E-state index is 0.0465. The summed E-state index contributed by atoms with van der Waals surface area (Å²) in [6.45, 7) is 22.2. The topological polar surface area (TPSA) is 53.0 Å². The maximum atomic E-state index is 10.3. The van der Waals surface area contributed by atoms with E-state index in [1.54, 1.807) is 0 Å². The van der Waals surface area contributed by atoms with Crippen LogP contribution < -0.4 is 0 Å². The lowest BCUT2D eigenvalue weighted by molar-refractivity contribution is 0.0513. The first-order valence-electron chi connectivity index (χ1n) is 17.0. The molecule has 0 aromatic heterocycles. The Kier molecular flexibility index (Phi) is 12.0. The lowest BCUT2D eigenvalue weighted by Crippen LogP contribution is -2.46. The van der Waals surface area contributed by atoms with E-state index in [0.29, 0.717) is 17.8 Å². The Bertz CT molecular complexity index is 1150. The zero-order chi connectivity index (χ0) is 32.1. The average molecular weight is 591 g/mol. The van der Waals surface area contributed by atoms with Crippen LogP contribution in [0, 0.1) is 46.3 Å². The second kappa shape index (κ2) is 14.5. The lowest BCUT2D eigenvalue weighted by atomic mass is 9.63. The number of epoxide rings is 1. The molecule has 3 heteroatoms. The van der Waals surface area contributed by atoms with Gasteiger partial charge in [0.2, 0.25) is 0 Å². The highest BCUT2D eigenvalue weighted by molar-refractivity contribution is 5.40. The molecule has 0 aromatic carbocycles. The molecule has 3 aliphatic rings. The summed E-state index contributed by atoms with van der Waals surface area (Å²) in [5.74, 6) is 8.72. The number of aliphatic hydroxyl groups excluding tert-OH is 2. The van der Waals surface area contributed by atoms with Crippen LogP contribution in [0.4, 0.5) is 0 Å². The van der Waals surface area contributed by atoms with Gasteiger partial charge in [-0.15, -0.1) is 0 Å². The summed E-state index contributed by atoms with van der Waals surface area (Å²) in [6, 6.07) is 0. The van der Waals surface area contributed by atoms with Crippen LogP contribution in [0.25, 0.3) is 0 Å². The van der Waals surface area contributed by atoms with Crippen molar-refractivity contribution in [1.29, 1.82) is 0 Å². The molecule has 1 aliphatic heterocycles. The van der Waals surface area contributed by atoms with Gasteiger partial charge in [-0.3, -0.25) is 0 Å². The Morgan fingerprint density at radius 3 is 2.07 bits per heavy atom. The van der Waals surface area contributed by atoms with E-state index in [-0.39, 0.29) is 40.2 Å². The molecule has 0 aromatic rings. The Morgan fingerprint density at radius 2 is 1.40 bits per heavy atom. The summed E-state index contributed by atoms with van der Waals surface area (Å²) in [6.07, 6.45) is 25.4. The third-order valence-electron chi connectivity index (χ3n) is 10.1. The zero-order valence-electron chi connectivity index (χ0n) is 29.0. The van der Waals surface area contributed by atoms with Gasteiger partial charge in [-0.25, -0.2) is 0 Å². The fourth-order valence-electron chi connectivity index (χ4n) is 7.61. The Balaban J connectivity index is 1.35. The van der Waals surface area contributed by atoms with Crippen molar-refractivity contribution in [1.82, 2.24) is 0 Å². The van der Waals surface area contributed by atoms with Crippen molar-refractivity contribution in [2.45, 2.75) is 144 Å². The minimum Gasteiger partial charge on any atom is -0.393 e. The first-order valence-corrected chi connectivity index (χ1v) is 17.0. The van der Waals surface area contributed by atoms with E-state index in [1.165, 1.54) is 11.1 Å². The molecule has 8 atom stereocenters. The first-order chi connectivity index (χ1) is 20.0. The van der Waals surface area contributed by atoms with Crippen LogP contribution >= 0.6 is 0 Å². The number of fused-ring (bicyclic) bond motifs is 1. The molecule has 2 aliphatic carbocycles. The predicted molar refractivity (Wildman–Crippen MR) is 182 cm³/mol. The standard InChI is InChI=1S/C40H62O3/c1-29(17-13-19-31(3)21-22-36-33(5)25-34(41)26-37(36,6)7)15-11-12-16-30(2)18-14-20-32(4)23-24-40-38(8,9)27-35(42)28-39(40,10)43-40/h11-14,18-19,23-24,29-32,34-35,41-42H,15-17,20,25-28H2,1-10H3/b12-11+,18-14+,19-13+,24-23+/t29?,30?,31?,32?,34-,35+,39-,40+/m1/s1. The van der Waals surface area contributed by atoms with Crippen molar-refractivity contribution < 1.29 is 14.9 Å². The second-order valence-corrected chi connectivity index (χ2v) is 15.9. The van der Waals surface area contributed by atoms with Crippen LogP contribution in [0.1, 0.15) is 121 Å². The fourth-order valence-corrected chi connectivity index (χ4v) is 7.61. The number of allylic oxidation sites excluding steroid dienone is 8. The van der Waals surface area contributed by atoms with Crippen LogP contribution in [0.2, 0.25) is 0 Å². The van der Waals surface area contributed by atoms with Crippen LogP contribution in [-0.4, -0.2) is 33.6 Å². The minimum atomic E-state index is -0.265. The Hall–Kier alpha value is -1.86. The van der Waals surface area contributed by atoms with E-state index in [4.69, 9.17) is 4.74 Å². The van der Waals surface area contributed by atoms with Crippen molar-refractivity contribution in [3.8, 4) is 11.8 Å². The van der Waals surface area contributed by atoms with Crippen molar-refractivity contribution in [2.24, 2.45) is 34.5 Å². The van der Waals surface area contributed by atoms with E-state index in [1.807, 2.05) is 0 Å². The molecular formula is C40H62O3. The maximum absolute atomic E-state index is 10.3. The molecule has 43 heavy (non-hydrogen) atoms. The van der Waals surface area contributed by atoms with E-state index in [0.717, 1.165) is 51.4 Å². The first kappa shape index (κ1) is 35.6. The lowest BCUT2D eigenvalue weighted by Gasteiger charge is -2.39. The summed E-state index contributed by atoms with van der Waals surface area (Å²) < 4.78 is 6.29. The van der Waals surface area contributed by atoms with Gasteiger partial charge in [-0.2, -0.15) is 0 Å². The monoisotopic (exact) mass is 590 g/mol. The SMILES string of the molecule is CC1=C(C#CC(C)/C=C/CC(C)C/C=C/CC(C)/C=C/CC(C)/C=C/[C@@]23O[C@]2(C)C[C@@H](O)CC3(C)C)C(C)(C)C[C@H](O)C1. The molecule has 0 spiro atoms. The third kappa shape index (κ3) is 9.32. The van der Waals surface area contributed by atoms with Gasteiger partial charge in [0, 0.05) is 28.7 Å². The van der Waals surface area contributed by atoms with Gasteiger partial charge in [0.15, 0.2) is 0 Å². The van der Waals surface area contributed by atoms with Gasteiger partial charge in [0.25, 0.3) is 0 Å². The van der Waals surface area contributed by atoms with E-state index >= 15 is 0 Å². The summed E-state index contributed by atoms with van der Waals surface area (Å²) in [4.78, 5) is 0. The van der Waals surface area contributed by atoms with Crippen LogP contribution in [-0.2, 0) is 4.74 Å². The van der Waals surface area contributed by atoms with Gasteiger partial charge in [-0.05, 0) is 83.5 Å². The number of ether oxygens (including phenoxy) is 1. The molecule has 4 unspecified atom stereocenters. The van der Waals surface area contributed by atoms with E-state index in [9.17, 15) is 10.2 Å². The number of hydrogen-bond acceptors (Lipinski definition) is 3. The van der Waals surface area contributed by atoms with Gasteiger partial charge in [0.1, 0.15) is 11.2 Å². The summed E-state index contributed by atoms with van der Waals surface area (Å²) in [5, 5.41) is 20.4. The highest BCUT2D eigenvalue weighted by Crippen LogP contribution is 2.66. The molecule has 0 amide bonds. The second-order valence-electron chi connectivity index (χ2n) is 15.9. The van der Waals surface area contributed by atoms with Gasteiger partial charge < -0.3 is 14.9 Å². The number of hydrogen-bond donors (Lipinski definition) is 2. The molecule has 1 heterocycles. The van der Waals surface area contributed by atoms with Crippen LogP contribution in [0.3, 0.4) is 0 Å². The smallest absolute Gasteiger partial charge is 0.121 e. The quantitative estimate of drug-likeness (QED) is 0.135. The highest BCUT2D eigenvalue weighted by atomic mass is 16.6. The summed E-state index contributed by atoms with van der Waals surface area (Å²) in [7, 11) is 0. The van der Waals surface area contributed by atoms with Gasteiger partial charge in [-0.1, -0.05) is 114 Å². The molecule has 3 rings (SSSR count). The molecule has 2 fully saturated rings. The molecule has 0 bridgehead atoms. The fraction of sp³-hybridized carbons (Fsp3) is 0.700. The summed E-state index contributed by atoms with van der Waals surface area (Å²) in [5.41, 5.74) is 1.90. The van der Waals surface area contributed by atoms with Crippen LogP contribution in [0.5, 0.6) is 0 Å². The Labute approximate surface area is 264 Å². The molecular weight excluding hydrogens is 528 g/mol. The number of rotatable bonds is 12. The van der Waals surface area contributed by atoms with Gasteiger partial charge in [0.05, 0.1) is 12.2 Å². The molecule has 1 saturated carbocycles. The largest absolute Gasteiger partial charge is 0.393 e. The predicted octanol–water partition coefficient (Wildman–Crippen LogP) is 9.53. The molecule has 2 N–H and O–H groups in total. The average Bonchev–Trinajstić information content (AvgIpc) is 3.49. The van der Waals surface area contributed by atoms with E-state index < -0.39 is 0 Å². The zero-order valence-corrected chi connectivity index (χ0v) is 29.0. The van der Waals surface area contributed by atoms with Crippen molar-refractivity contribution in [3.63, 3.8) is 0 Å². The third-order valence-corrected chi connectivity index (χ3v) is 10.1. The number of aliphatic hydroxyl groups is 2.